The zero-order valence-electron chi connectivity index (χ0n) is 22.1. The minimum absolute atomic E-state index is 0.229. The number of hydrogen-bond acceptors (Lipinski definition) is 8. The van der Waals surface area contributed by atoms with Crippen molar-refractivity contribution in [3.05, 3.63) is 64.2 Å². The first-order valence-corrected chi connectivity index (χ1v) is 13.6. The van der Waals surface area contributed by atoms with Crippen LogP contribution in [0.4, 0.5) is 4.39 Å². The highest BCUT2D eigenvalue weighted by Crippen LogP contribution is 2.63. The van der Waals surface area contributed by atoms with Gasteiger partial charge in [-0.25, -0.2) is 0 Å². The lowest BCUT2D eigenvalue weighted by molar-refractivity contribution is -0.254. The molecule has 2 aliphatic rings. The molecule has 2 saturated carbocycles. The van der Waals surface area contributed by atoms with Gasteiger partial charge in [0.2, 0.25) is 0 Å². The van der Waals surface area contributed by atoms with E-state index in [4.69, 9.17) is 21.1 Å². The third kappa shape index (κ3) is 5.08. The molecule has 0 aliphatic heterocycles. The van der Waals surface area contributed by atoms with Crippen LogP contribution in [-0.2, 0) is 16.6 Å². The maximum absolute atomic E-state index is 12.1. The van der Waals surface area contributed by atoms with Gasteiger partial charge in [-0.1, -0.05) is 35.9 Å². The zero-order chi connectivity index (χ0) is 28.6. The molecule has 0 radical (unpaired) electrons. The van der Waals surface area contributed by atoms with Crippen LogP contribution in [0.25, 0.3) is 0 Å². The van der Waals surface area contributed by atoms with E-state index in [1.807, 2.05) is 12.1 Å². The molecule has 2 aliphatic carbocycles. The molecule has 2 unspecified atom stereocenters. The lowest BCUT2D eigenvalue weighted by atomic mass is 9.55. The molecule has 2 bridgehead atoms. The van der Waals surface area contributed by atoms with Crippen LogP contribution in [0.1, 0.15) is 43.4 Å². The van der Waals surface area contributed by atoms with Gasteiger partial charge >= 0.3 is 0 Å². The number of ether oxygens (including phenoxy) is 2. The van der Waals surface area contributed by atoms with Crippen molar-refractivity contribution < 1.29 is 44.5 Å². The Morgan fingerprint density at radius 2 is 1.67 bits per heavy atom. The Kier molecular flexibility index (Phi) is 8.95. The maximum Gasteiger partial charge on any atom is 0.119 e. The van der Waals surface area contributed by atoms with Crippen molar-refractivity contribution >= 4 is 11.6 Å². The minimum atomic E-state index is -1.76. The molecular formula is C29H38ClFO8. The van der Waals surface area contributed by atoms with Crippen molar-refractivity contribution in [3.63, 3.8) is 0 Å². The second kappa shape index (κ2) is 11.6. The first kappa shape index (κ1) is 30.1. The number of rotatable bonds is 11. The molecular weight excluding hydrogens is 531 g/mol. The molecule has 0 aromatic heterocycles. The highest BCUT2D eigenvalue weighted by molar-refractivity contribution is 6.31. The number of alkyl halides is 1. The van der Waals surface area contributed by atoms with Gasteiger partial charge in [0, 0.05) is 11.6 Å². The van der Waals surface area contributed by atoms with Gasteiger partial charge < -0.3 is 40.1 Å². The molecule has 0 amide bonds. The van der Waals surface area contributed by atoms with E-state index in [2.05, 4.69) is 0 Å². The summed E-state index contributed by atoms with van der Waals surface area (Å²) < 4.78 is 23.0. The van der Waals surface area contributed by atoms with Gasteiger partial charge in [-0.05, 0) is 68.0 Å². The molecule has 0 heterocycles. The Bertz CT molecular complexity index is 1130. The Morgan fingerprint density at radius 1 is 0.974 bits per heavy atom. The van der Waals surface area contributed by atoms with Gasteiger partial charge in [0.15, 0.2) is 0 Å². The number of benzene rings is 2. The largest absolute Gasteiger partial charge is 0.491 e. The maximum atomic E-state index is 12.1. The Balaban J connectivity index is 1.58. The van der Waals surface area contributed by atoms with Crippen molar-refractivity contribution in [2.45, 2.75) is 74.6 Å². The topological polar surface area (TPSA) is 140 Å². The van der Waals surface area contributed by atoms with Gasteiger partial charge in [-0.2, -0.15) is 0 Å². The quantitative estimate of drug-likeness (QED) is 0.226. The SMILES string of the molecule is CC(C)(O)[C@@]12CC(O)[C@@](c3ccc(Cl)c(Cc4ccc(OCCOCCCF)cc4)c3)(C1O)[C@@H](O)[C@H](O)[C@H]2O. The molecule has 216 valence electrons. The normalized spacial score (nSPS) is 32.4. The predicted molar refractivity (Wildman–Crippen MR) is 143 cm³/mol. The first-order chi connectivity index (χ1) is 18.4. The summed E-state index contributed by atoms with van der Waals surface area (Å²) in [5.41, 5.74) is -3.22. The Hall–Kier alpha value is -1.82. The van der Waals surface area contributed by atoms with Crippen LogP contribution >= 0.6 is 11.6 Å². The average molecular weight is 569 g/mol. The Morgan fingerprint density at radius 3 is 2.31 bits per heavy atom. The van der Waals surface area contributed by atoms with E-state index in [1.165, 1.54) is 13.8 Å². The van der Waals surface area contributed by atoms with E-state index >= 15 is 0 Å². The monoisotopic (exact) mass is 568 g/mol. The van der Waals surface area contributed by atoms with Crippen molar-refractivity contribution in [1.29, 1.82) is 0 Å². The molecule has 2 aromatic carbocycles. The van der Waals surface area contributed by atoms with Gasteiger partial charge in [-0.15, -0.1) is 0 Å². The van der Waals surface area contributed by atoms with Gasteiger partial charge in [0.25, 0.3) is 0 Å². The van der Waals surface area contributed by atoms with E-state index in [-0.39, 0.29) is 6.42 Å². The van der Waals surface area contributed by atoms with Crippen molar-refractivity contribution in [3.8, 4) is 5.75 Å². The molecule has 0 saturated heterocycles. The summed E-state index contributed by atoms with van der Waals surface area (Å²) in [4.78, 5) is 0. The van der Waals surface area contributed by atoms with E-state index < -0.39 is 53.6 Å². The Labute approximate surface area is 232 Å². The lowest BCUT2D eigenvalue weighted by Crippen LogP contribution is -2.72. The highest BCUT2D eigenvalue weighted by atomic mass is 35.5. The van der Waals surface area contributed by atoms with Crippen LogP contribution in [-0.4, -0.2) is 93.3 Å². The summed E-state index contributed by atoms with van der Waals surface area (Å²) in [5, 5.41) is 67.2. The molecule has 4 rings (SSSR count). The van der Waals surface area contributed by atoms with Crippen molar-refractivity contribution in [1.82, 2.24) is 0 Å². The molecule has 6 N–H and O–H groups in total. The smallest absolute Gasteiger partial charge is 0.119 e. The van der Waals surface area contributed by atoms with Gasteiger partial charge in [0.05, 0.1) is 54.1 Å². The second-order valence-corrected chi connectivity index (χ2v) is 11.6. The van der Waals surface area contributed by atoms with Crippen LogP contribution in [0.15, 0.2) is 42.5 Å². The summed E-state index contributed by atoms with van der Waals surface area (Å²) in [5.74, 6) is 0.643. The molecule has 2 fully saturated rings. The summed E-state index contributed by atoms with van der Waals surface area (Å²) >= 11 is 6.52. The summed E-state index contributed by atoms with van der Waals surface area (Å²) in [7, 11) is 0. The summed E-state index contributed by atoms with van der Waals surface area (Å²) in [6.45, 7) is 3.45. The van der Waals surface area contributed by atoms with Crippen molar-refractivity contribution in [2.75, 3.05) is 26.5 Å². The third-order valence-electron chi connectivity index (χ3n) is 8.61. The fraction of sp³-hybridized carbons (Fsp3) is 0.586. The lowest BCUT2D eigenvalue weighted by Gasteiger charge is -2.56. The minimum Gasteiger partial charge on any atom is -0.491 e. The molecule has 39 heavy (non-hydrogen) atoms. The number of aliphatic hydroxyl groups excluding tert-OH is 5. The van der Waals surface area contributed by atoms with Crippen LogP contribution in [0.5, 0.6) is 5.75 Å². The first-order valence-electron chi connectivity index (χ1n) is 13.2. The van der Waals surface area contributed by atoms with Crippen LogP contribution in [0, 0.1) is 5.41 Å². The number of hydrogen-bond donors (Lipinski definition) is 6. The van der Waals surface area contributed by atoms with Crippen LogP contribution in [0.2, 0.25) is 5.02 Å². The highest BCUT2D eigenvalue weighted by Gasteiger charge is 2.77. The molecule has 10 heteroatoms. The molecule has 7 atom stereocenters. The van der Waals surface area contributed by atoms with E-state index in [1.54, 1.807) is 30.3 Å². The summed E-state index contributed by atoms with van der Waals surface area (Å²) in [6.07, 6.45) is -7.50. The molecule has 8 nitrogen and oxygen atoms in total. The van der Waals surface area contributed by atoms with Gasteiger partial charge in [0.1, 0.15) is 18.5 Å². The standard InChI is InChI=1S/C29H38ClFO8/c1-27(2,37)28-16-22(32)29(26(28)36,25(35)23(33)24(28)34)19-6-9-21(30)18(15-19)14-17-4-7-20(8-5-17)39-13-12-38-11-3-10-31/h4-9,15,22-26,32-37H,3,10-14,16H2,1-2H3/t22?,23-,24-,25+,26?,28-,29-/m1/s1. The summed E-state index contributed by atoms with van der Waals surface area (Å²) in [6, 6.07) is 12.2. The van der Waals surface area contributed by atoms with Crippen LogP contribution < -0.4 is 4.74 Å². The molecule has 0 spiro atoms. The van der Waals surface area contributed by atoms with Gasteiger partial charge in [-0.3, -0.25) is 4.39 Å². The van der Waals surface area contributed by atoms with Crippen molar-refractivity contribution in [2.24, 2.45) is 5.41 Å². The number of fused-ring (bicyclic) bond motifs is 2. The van der Waals surface area contributed by atoms with E-state index in [0.717, 1.165) is 5.56 Å². The van der Waals surface area contributed by atoms with E-state index in [9.17, 15) is 35.0 Å². The zero-order valence-corrected chi connectivity index (χ0v) is 22.9. The number of halogens is 2. The molecule has 2 aromatic rings. The predicted octanol–water partition coefficient (Wildman–Crippen LogP) is 1.90. The fourth-order valence-corrected chi connectivity index (χ4v) is 6.64. The second-order valence-electron chi connectivity index (χ2n) is 11.2. The van der Waals surface area contributed by atoms with E-state index in [0.29, 0.717) is 54.6 Å². The number of aliphatic hydroxyl groups is 6. The fourth-order valence-electron chi connectivity index (χ4n) is 6.46. The van der Waals surface area contributed by atoms with Crippen LogP contribution in [0.3, 0.4) is 0 Å². The third-order valence-corrected chi connectivity index (χ3v) is 8.98. The average Bonchev–Trinajstić information content (AvgIpc) is 3.11.